The molecule has 3 rings (SSSR count). The second kappa shape index (κ2) is 5.83. The smallest absolute Gasteiger partial charge is 0.0642 e. The fraction of sp³-hybridized carbons (Fsp3) is 0.625. The Kier molecular flexibility index (Phi) is 3.92. The number of ether oxygens (including phenoxy) is 1. The van der Waals surface area contributed by atoms with E-state index in [9.17, 15) is 0 Å². The van der Waals surface area contributed by atoms with Crippen molar-refractivity contribution >= 4 is 11.4 Å². The van der Waals surface area contributed by atoms with Gasteiger partial charge < -0.3 is 15.0 Å². The number of anilines is 2. The van der Waals surface area contributed by atoms with E-state index in [4.69, 9.17) is 4.74 Å². The largest absolute Gasteiger partial charge is 0.382 e. The first-order valence-electron chi connectivity index (χ1n) is 7.50. The Labute approximate surface area is 115 Å². The minimum absolute atomic E-state index is 0.671. The summed E-state index contributed by atoms with van der Waals surface area (Å²) < 4.78 is 5.39. The van der Waals surface area contributed by atoms with Gasteiger partial charge in [-0.3, -0.25) is 0 Å². The summed E-state index contributed by atoms with van der Waals surface area (Å²) in [4.78, 5) is 2.39. The molecule has 0 spiro atoms. The van der Waals surface area contributed by atoms with Crippen molar-refractivity contribution in [1.82, 2.24) is 0 Å². The third kappa shape index (κ3) is 3.21. The number of hydrogen-bond acceptors (Lipinski definition) is 3. The van der Waals surface area contributed by atoms with E-state index < -0.39 is 0 Å². The van der Waals surface area contributed by atoms with Gasteiger partial charge >= 0.3 is 0 Å². The zero-order valence-corrected chi connectivity index (χ0v) is 11.8. The van der Waals surface area contributed by atoms with Crippen molar-refractivity contribution < 1.29 is 4.74 Å². The molecule has 2 unspecified atom stereocenters. The van der Waals surface area contributed by atoms with Crippen LogP contribution in [0, 0.1) is 5.92 Å². The number of benzene rings is 1. The van der Waals surface area contributed by atoms with Gasteiger partial charge in [0.05, 0.1) is 13.2 Å². The summed E-state index contributed by atoms with van der Waals surface area (Å²) in [5.41, 5.74) is 2.57. The van der Waals surface area contributed by atoms with Crippen LogP contribution in [-0.2, 0) is 4.74 Å². The van der Waals surface area contributed by atoms with Crippen LogP contribution in [0.15, 0.2) is 24.3 Å². The molecule has 0 aromatic heterocycles. The molecule has 2 fully saturated rings. The predicted octanol–water partition coefficient (Wildman–Crippen LogP) is 3.12. The highest BCUT2D eigenvalue weighted by molar-refractivity contribution is 5.55. The van der Waals surface area contributed by atoms with E-state index in [1.54, 1.807) is 0 Å². The fourth-order valence-corrected chi connectivity index (χ4v) is 3.16. The maximum absolute atomic E-state index is 5.39. The maximum atomic E-state index is 5.39. The van der Waals surface area contributed by atoms with Gasteiger partial charge in [-0.2, -0.15) is 0 Å². The highest BCUT2D eigenvalue weighted by atomic mass is 16.5. The second-order valence-corrected chi connectivity index (χ2v) is 5.91. The van der Waals surface area contributed by atoms with Gasteiger partial charge in [-0.1, -0.05) is 6.92 Å². The lowest BCUT2D eigenvalue weighted by Crippen LogP contribution is -2.36. The summed E-state index contributed by atoms with van der Waals surface area (Å²) in [7, 11) is 0. The van der Waals surface area contributed by atoms with E-state index in [2.05, 4.69) is 41.4 Å². The summed E-state index contributed by atoms with van der Waals surface area (Å²) in [6.07, 6.45) is 3.99. The Hall–Kier alpha value is -1.22. The second-order valence-electron chi connectivity index (χ2n) is 5.91. The van der Waals surface area contributed by atoms with Crippen LogP contribution < -0.4 is 10.2 Å². The normalized spacial score (nSPS) is 27.5. The number of rotatable bonds is 3. The van der Waals surface area contributed by atoms with E-state index in [1.807, 2.05) is 0 Å². The zero-order valence-electron chi connectivity index (χ0n) is 11.8. The highest BCUT2D eigenvalue weighted by Gasteiger charge is 2.20. The number of nitrogens with zero attached hydrogens (tertiary/aromatic N) is 1. The minimum atomic E-state index is 0.671. The Morgan fingerprint density at radius 2 is 1.84 bits per heavy atom. The summed E-state index contributed by atoms with van der Waals surface area (Å²) in [5, 5.41) is 3.66. The Morgan fingerprint density at radius 1 is 1.11 bits per heavy atom. The van der Waals surface area contributed by atoms with Crippen LogP contribution in [0.2, 0.25) is 0 Å². The predicted molar refractivity (Wildman–Crippen MR) is 79.9 cm³/mol. The SMILES string of the molecule is CC1CCC(Nc2ccc(N3CCOCC3)cc2)C1. The van der Waals surface area contributed by atoms with Gasteiger partial charge in [0.1, 0.15) is 0 Å². The van der Waals surface area contributed by atoms with Crippen LogP contribution in [0.25, 0.3) is 0 Å². The molecule has 1 aromatic carbocycles. The minimum Gasteiger partial charge on any atom is -0.382 e. The molecule has 1 heterocycles. The van der Waals surface area contributed by atoms with E-state index >= 15 is 0 Å². The summed E-state index contributed by atoms with van der Waals surface area (Å²) in [5.74, 6) is 0.880. The lowest BCUT2D eigenvalue weighted by atomic mass is 10.1. The molecule has 3 nitrogen and oxygen atoms in total. The molecule has 1 aliphatic heterocycles. The maximum Gasteiger partial charge on any atom is 0.0642 e. The molecule has 19 heavy (non-hydrogen) atoms. The molecule has 0 radical (unpaired) electrons. The van der Waals surface area contributed by atoms with Crippen molar-refractivity contribution in [2.45, 2.75) is 32.2 Å². The average Bonchev–Trinajstić information content (AvgIpc) is 2.86. The quantitative estimate of drug-likeness (QED) is 0.903. The van der Waals surface area contributed by atoms with Crippen molar-refractivity contribution in [3.8, 4) is 0 Å². The van der Waals surface area contributed by atoms with Gasteiger partial charge in [0.15, 0.2) is 0 Å². The third-order valence-electron chi connectivity index (χ3n) is 4.31. The van der Waals surface area contributed by atoms with Crippen molar-refractivity contribution in [3.63, 3.8) is 0 Å². The van der Waals surface area contributed by atoms with Crippen LogP contribution >= 0.6 is 0 Å². The molecule has 2 aliphatic rings. The van der Waals surface area contributed by atoms with Gasteiger partial charge in [-0.25, -0.2) is 0 Å². The van der Waals surface area contributed by atoms with Crippen LogP contribution in [0.3, 0.4) is 0 Å². The highest BCUT2D eigenvalue weighted by Crippen LogP contribution is 2.28. The molecule has 2 atom stereocenters. The number of hydrogen-bond donors (Lipinski definition) is 1. The molecule has 1 saturated heterocycles. The fourth-order valence-electron chi connectivity index (χ4n) is 3.16. The van der Waals surface area contributed by atoms with Gasteiger partial charge in [0.2, 0.25) is 0 Å². The first kappa shape index (κ1) is 12.8. The molecular weight excluding hydrogens is 236 g/mol. The van der Waals surface area contributed by atoms with E-state index in [0.29, 0.717) is 6.04 Å². The summed E-state index contributed by atoms with van der Waals surface area (Å²) in [6.45, 7) is 6.06. The van der Waals surface area contributed by atoms with E-state index in [0.717, 1.165) is 32.2 Å². The van der Waals surface area contributed by atoms with Crippen LogP contribution in [0.5, 0.6) is 0 Å². The monoisotopic (exact) mass is 260 g/mol. The third-order valence-corrected chi connectivity index (χ3v) is 4.31. The molecule has 1 saturated carbocycles. The Bertz CT molecular complexity index is 398. The summed E-state index contributed by atoms with van der Waals surface area (Å²) >= 11 is 0. The zero-order chi connectivity index (χ0) is 13.1. The van der Waals surface area contributed by atoms with Gasteiger partial charge in [-0.05, 0) is 49.4 Å². The topological polar surface area (TPSA) is 24.5 Å². The molecule has 0 amide bonds. The molecule has 0 bridgehead atoms. The lowest BCUT2D eigenvalue weighted by molar-refractivity contribution is 0.122. The molecular formula is C16H24N2O. The van der Waals surface area contributed by atoms with Gasteiger partial charge in [0.25, 0.3) is 0 Å². The van der Waals surface area contributed by atoms with Crippen LogP contribution in [-0.4, -0.2) is 32.3 Å². The number of morpholine rings is 1. The molecule has 1 aliphatic carbocycles. The van der Waals surface area contributed by atoms with E-state index in [1.165, 1.54) is 30.6 Å². The van der Waals surface area contributed by atoms with Gasteiger partial charge in [-0.15, -0.1) is 0 Å². The van der Waals surface area contributed by atoms with Gasteiger partial charge in [0, 0.05) is 30.5 Å². The summed E-state index contributed by atoms with van der Waals surface area (Å²) in [6, 6.07) is 9.56. The van der Waals surface area contributed by atoms with E-state index in [-0.39, 0.29) is 0 Å². The van der Waals surface area contributed by atoms with Crippen molar-refractivity contribution in [2.24, 2.45) is 5.92 Å². The first-order chi connectivity index (χ1) is 9.31. The Morgan fingerprint density at radius 3 is 2.47 bits per heavy atom. The number of nitrogens with one attached hydrogen (secondary N) is 1. The van der Waals surface area contributed by atoms with Crippen LogP contribution in [0.1, 0.15) is 26.2 Å². The van der Waals surface area contributed by atoms with Crippen molar-refractivity contribution in [3.05, 3.63) is 24.3 Å². The molecule has 3 heteroatoms. The Balaban J connectivity index is 1.59. The molecule has 1 aromatic rings. The average molecular weight is 260 g/mol. The molecule has 1 N–H and O–H groups in total. The lowest BCUT2D eigenvalue weighted by Gasteiger charge is -2.29. The van der Waals surface area contributed by atoms with Crippen molar-refractivity contribution in [1.29, 1.82) is 0 Å². The first-order valence-corrected chi connectivity index (χ1v) is 7.50. The van der Waals surface area contributed by atoms with Crippen molar-refractivity contribution in [2.75, 3.05) is 36.5 Å². The molecule has 104 valence electrons. The standard InChI is InChI=1S/C16H24N2O/c1-13-2-3-15(12-13)17-14-4-6-16(7-5-14)18-8-10-19-11-9-18/h4-7,13,15,17H,2-3,8-12H2,1H3. The van der Waals surface area contributed by atoms with Crippen LogP contribution in [0.4, 0.5) is 11.4 Å².